The number of anilines is 1. The second-order valence-electron chi connectivity index (χ2n) is 5.19. The van der Waals surface area contributed by atoms with Crippen LogP contribution >= 0.6 is 0 Å². The number of fused-ring (bicyclic) bond motifs is 1. The number of oxazole rings is 1. The van der Waals surface area contributed by atoms with Crippen LogP contribution in [-0.2, 0) is 4.79 Å². The van der Waals surface area contributed by atoms with Gasteiger partial charge in [0.2, 0.25) is 5.91 Å². The van der Waals surface area contributed by atoms with E-state index in [0.717, 1.165) is 24.0 Å². The van der Waals surface area contributed by atoms with Gasteiger partial charge in [-0.1, -0.05) is 0 Å². The molecule has 3 rings (SSSR count). The number of nitrogens with zero attached hydrogens (tertiary/aromatic N) is 2. The molecular formula is C14H16N2O3. The van der Waals surface area contributed by atoms with E-state index in [0.29, 0.717) is 11.5 Å². The number of rotatable bonds is 3. The normalized spacial score (nSPS) is 16.6. The second-order valence-corrected chi connectivity index (χ2v) is 5.19. The maximum Gasteiger partial charge on any atom is 0.235 e. The minimum absolute atomic E-state index is 0.0328. The van der Waals surface area contributed by atoms with Gasteiger partial charge in [0, 0.05) is 19.7 Å². The monoisotopic (exact) mass is 260 g/mol. The number of hydrogen-bond donors (Lipinski definition) is 1. The van der Waals surface area contributed by atoms with E-state index < -0.39 is 5.41 Å². The highest BCUT2D eigenvalue weighted by molar-refractivity contribution is 6.00. The minimum Gasteiger partial charge on any atom is -0.441 e. The lowest BCUT2D eigenvalue weighted by Crippen LogP contribution is -2.36. The summed E-state index contributed by atoms with van der Waals surface area (Å²) in [5, 5.41) is 9.32. The van der Waals surface area contributed by atoms with Gasteiger partial charge >= 0.3 is 0 Å². The molecule has 1 heterocycles. The zero-order valence-electron chi connectivity index (χ0n) is 11.0. The van der Waals surface area contributed by atoms with Crippen LogP contribution in [0.1, 0.15) is 18.7 Å². The topological polar surface area (TPSA) is 66.6 Å². The van der Waals surface area contributed by atoms with Crippen LogP contribution in [0.15, 0.2) is 22.6 Å². The highest BCUT2D eigenvalue weighted by Crippen LogP contribution is 2.47. The molecule has 0 aliphatic heterocycles. The van der Waals surface area contributed by atoms with E-state index in [2.05, 4.69) is 4.98 Å². The average Bonchev–Trinajstić information content (AvgIpc) is 3.12. The Hall–Kier alpha value is -1.88. The standard InChI is InChI=1S/C14H16N2O3/c1-9-15-11-7-10(3-4-12(11)19-9)16(2)13(18)14(8-17)5-6-14/h3-4,7,17H,5-6,8H2,1-2H3. The average molecular weight is 260 g/mol. The van der Waals surface area contributed by atoms with Crippen LogP contribution in [0.3, 0.4) is 0 Å². The summed E-state index contributed by atoms with van der Waals surface area (Å²) in [5.41, 5.74) is 1.67. The van der Waals surface area contributed by atoms with Crippen molar-refractivity contribution >= 4 is 22.7 Å². The molecule has 1 aliphatic carbocycles. The zero-order chi connectivity index (χ0) is 13.6. The summed E-state index contributed by atoms with van der Waals surface area (Å²) in [6.07, 6.45) is 1.52. The third-order valence-corrected chi connectivity index (χ3v) is 3.78. The Morgan fingerprint density at radius 1 is 1.53 bits per heavy atom. The first-order valence-corrected chi connectivity index (χ1v) is 6.32. The maximum atomic E-state index is 12.3. The predicted octanol–water partition coefficient (Wildman–Crippen LogP) is 1.87. The van der Waals surface area contributed by atoms with Crippen LogP contribution in [0.2, 0.25) is 0 Å². The molecule has 0 radical (unpaired) electrons. The molecule has 0 bridgehead atoms. The highest BCUT2D eigenvalue weighted by atomic mass is 16.3. The van der Waals surface area contributed by atoms with Crippen molar-refractivity contribution in [3.8, 4) is 0 Å². The molecule has 0 spiro atoms. The van der Waals surface area contributed by atoms with E-state index in [9.17, 15) is 9.90 Å². The van der Waals surface area contributed by atoms with Crippen LogP contribution in [-0.4, -0.2) is 29.7 Å². The summed E-state index contributed by atoms with van der Waals surface area (Å²) >= 11 is 0. The van der Waals surface area contributed by atoms with Crippen LogP contribution in [0.5, 0.6) is 0 Å². The SMILES string of the molecule is Cc1nc2cc(N(C)C(=O)C3(CO)CC3)ccc2o1. The van der Waals surface area contributed by atoms with Crippen LogP contribution < -0.4 is 4.90 Å². The van der Waals surface area contributed by atoms with Gasteiger partial charge in [0.25, 0.3) is 0 Å². The van der Waals surface area contributed by atoms with Crippen LogP contribution in [0.25, 0.3) is 11.1 Å². The number of aromatic nitrogens is 1. The molecule has 1 amide bonds. The highest BCUT2D eigenvalue weighted by Gasteiger charge is 2.50. The third kappa shape index (κ3) is 1.90. The van der Waals surface area contributed by atoms with Crippen molar-refractivity contribution in [2.75, 3.05) is 18.6 Å². The summed E-state index contributed by atoms with van der Waals surface area (Å²) in [6.45, 7) is 1.71. The maximum absolute atomic E-state index is 12.3. The number of benzene rings is 1. The molecule has 19 heavy (non-hydrogen) atoms. The summed E-state index contributed by atoms with van der Waals surface area (Å²) < 4.78 is 5.41. The van der Waals surface area contributed by atoms with Gasteiger partial charge < -0.3 is 14.4 Å². The molecule has 1 aromatic heterocycles. The molecule has 2 aromatic rings. The molecule has 0 atom stereocenters. The largest absolute Gasteiger partial charge is 0.441 e. The van der Waals surface area contributed by atoms with Crippen molar-refractivity contribution in [2.45, 2.75) is 19.8 Å². The van der Waals surface area contributed by atoms with Crippen LogP contribution in [0.4, 0.5) is 5.69 Å². The van der Waals surface area contributed by atoms with Gasteiger partial charge in [0.05, 0.1) is 12.0 Å². The molecule has 5 heteroatoms. The van der Waals surface area contributed by atoms with E-state index in [4.69, 9.17) is 4.42 Å². The summed E-state index contributed by atoms with van der Waals surface area (Å²) in [7, 11) is 1.73. The first-order valence-electron chi connectivity index (χ1n) is 6.32. The first-order chi connectivity index (χ1) is 9.05. The van der Waals surface area contributed by atoms with Crippen LogP contribution in [0, 0.1) is 12.3 Å². The fourth-order valence-corrected chi connectivity index (χ4v) is 2.30. The fraction of sp³-hybridized carbons (Fsp3) is 0.429. The third-order valence-electron chi connectivity index (χ3n) is 3.78. The van der Waals surface area contributed by atoms with E-state index in [1.807, 2.05) is 18.2 Å². The molecule has 0 unspecified atom stereocenters. The van der Waals surface area contributed by atoms with Crippen molar-refractivity contribution in [1.29, 1.82) is 0 Å². The van der Waals surface area contributed by atoms with Crippen molar-refractivity contribution in [2.24, 2.45) is 5.41 Å². The summed E-state index contributed by atoms with van der Waals surface area (Å²) in [6, 6.07) is 5.47. The molecule has 1 saturated carbocycles. The van der Waals surface area contributed by atoms with Crippen molar-refractivity contribution in [1.82, 2.24) is 4.98 Å². The lowest BCUT2D eigenvalue weighted by molar-refractivity contribution is -0.124. The van der Waals surface area contributed by atoms with E-state index in [-0.39, 0.29) is 12.5 Å². The number of aliphatic hydroxyl groups excluding tert-OH is 1. The Morgan fingerprint density at radius 3 is 2.89 bits per heavy atom. The number of amides is 1. The van der Waals surface area contributed by atoms with E-state index >= 15 is 0 Å². The Morgan fingerprint density at radius 2 is 2.26 bits per heavy atom. The fourth-order valence-electron chi connectivity index (χ4n) is 2.30. The molecule has 1 fully saturated rings. The summed E-state index contributed by atoms with van der Waals surface area (Å²) in [4.78, 5) is 18.2. The summed E-state index contributed by atoms with van der Waals surface area (Å²) in [5.74, 6) is 0.574. The number of aliphatic hydroxyl groups is 1. The van der Waals surface area contributed by atoms with Gasteiger partial charge in [-0.15, -0.1) is 0 Å². The van der Waals surface area contributed by atoms with Gasteiger partial charge in [-0.25, -0.2) is 4.98 Å². The molecule has 1 N–H and O–H groups in total. The van der Waals surface area contributed by atoms with E-state index in [1.165, 1.54) is 0 Å². The Kier molecular flexibility index (Phi) is 2.60. The minimum atomic E-state index is -0.552. The lowest BCUT2D eigenvalue weighted by atomic mass is 10.1. The Balaban J connectivity index is 1.93. The van der Waals surface area contributed by atoms with Gasteiger partial charge in [0.15, 0.2) is 11.5 Å². The second kappa shape index (κ2) is 4.06. The Labute approximate surface area is 110 Å². The smallest absolute Gasteiger partial charge is 0.235 e. The van der Waals surface area contributed by atoms with Crippen molar-refractivity contribution in [3.63, 3.8) is 0 Å². The van der Waals surface area contributed by atoms with Crippen molar-refractivity contribution in [3.05, 3.63) is 24.1 Å². The lowest BCUT2D eigenvalue weighted by Gasteiger charge is -2.22. The van der Waals surface area contributed by atoms with Gasteiger partial charge in [0.1, 0.15) is 5.52 Å². The number of hydrogen-bond acceptors (Lipinski definition) is 4. The van der Waals surface area contributed by atoms with Crippen molar-refractivity contribution < 1.29 is 14.3 Å². The quantitative estimate of drug-likeness (QED) is 0.914. The molecule has 100 valence electrons. The van der Waals surface area contributed by atoms with Gasteiger partial charge in [-0.05, 0) is 31.0 Å². The molecule has 1 aliphatic rings. The number of carbonyl (C=O) groups excluding carboxylic acids is 1. The van der Waals surface area contributed by atoms with Gasteiger partial charge in [-0.3, -0.25) is 4.79 Å². The first kappa shape index (κ1) is 12.2. The molecule has 0 saturated heterocycles. The number of carbonyl (C=O) groups is 1. The zero-order valence-corrected chi connectivity index (χ0v) is 11.0. The number of aryl methyl sites for hydroxylation is 1. The van der Waals surface area contributed by atoms with Gasteiger partial charge in [-0.2, -0.15) is 0 Å². The van der Waals surface area contributed by atoms with E-state index in [1.54, 1.807) is 18.9 Å². The Bertz CT molecular complexity index is 643. The predicted molar refractivity (Wildman–Crippen MR) is 70.9 cm³/mol. The molecule has 1 aromatic carbocycles. The molecule has 5 nitrogen and oxygen atoms in total. The molecular weight excluding hydrogens is 244 g/mol.